The van der Waals surface area contributed by atoms with E-state index in [0.717, 1.165) is 11.3 Å². The summed E-state index contributed by atoms with van der Waals surface area (Å²) in [5.74, 6) is 0.784. The largest absolute Gasteiger partial charge is 0.471 e. The Hall–Kier alpha value is -1.68. The number of fused-ring (bicyclic) bond motifs is 1. The third kappa shape index (κ3) is 3.82. The van der Waals surface area contributed by atoms with Crippen LogP contribution in [0.4, 0.5) is 0 Å². The lowest BCUT2D eigenvalue weighted by Crippen LogP contribution is -2.13. The predicted molar refractivity (Wildman–Crippen MR) is 58.9 cm³/mol. The maximum Gasteiger partial charge on any atom is 0.299 e. The summed E-state index contributed by atoms with van der Waals surface area (Å²) in [5, 5.41) is 8.59. The van der Waals surface area contributed by atoms with Crippen molar-refractivity contribution in [3.8, 4) is 11.8 Å². The lowest BCUT2D eigenvalue weighted by molar-refractivity contribution is 0.298. The highest BCUT2D eigenvalue weighted by Gasteiger charge is 2.11. The standard InChI is InChI=1S/C10H7NO.H2O3S/c11-7-9-6-5-8-3-1-2-4-10(8)12-9;1-4(2)3/h1-6,9H;(H2,1,2,3). The minimum absolute atomic E-state index is 0.431. The second kappa shape index (κ2) is 6.02. The fraction of sp³-hybridized carbons (Fsp3) is 0.100. The fourth-order valence-corrected chi connectivity index (χ4v) is 1.16. The number of hydrogen-bond donors (Lipinski definition) is 2. The van der Waals surface area contributed by atoms with Crippen LogP contribution < -0.4 is 4.74 Å². The second-order valence-corrected chi connectivity index (χ2v) is 3.26. The van der Waals surface area contributed by atoms with Gasteiger partial charge in [-0.1, -0.05) is 24.3 Å². The molecule has 84 valence electrons. The number of para-hydroxylation sites is 1. The lowest BCUT2D eigenvalue weighted by atomic mass is 10.1. The summed E-state index contributed by atoms with van der Waals surface area (Å²) >= 11 is -2.61. The van der Waals surface area contributed by atoms with Gasteiger partial charge in [0.2, 0.25) is 6.10 Å². The van der Waals surface area contributed by atoms with Crippen molar-refractivity contribution < 1.29 is 18.1 Å². The van der Waals surface area contributed by atoms with Gasteiger partial charge in [0.25, 0.3) is 11.4 Å². The molecule has 16 heavy (non-hydrogen) atoms. The first kappa shape index (κ1) is 12.4. The van der Waals surface area contributed by atoms with E-state index >= 15 is 0 Å². The molecular formula is C10H9NO4S. The van der Waals surface area contributed by atoms with Crippen LogP contribution in [-0.2, 0) is 11.4 Å². The van der Waals surface area contributed by atoms with Gasteiger partial charge >= 0.3 is 0 Å². The van der Waals surface area contributed by atoms with Crippen molar-refractivity contribution in [1.82, 2.24) is 0 Å². The van der Waals surface area contributed by atoms with Gasteiger partial charge < -0.3 is 4.74 Å². The zero-order chi connectivity index (χ0) is 12.0. The molecule has 2 N–H and O–H groups in total. The number of hydrogen-bond acceptors (Lipinski definition) is 3. The van der Waals surface area contributed by atoms with Crippen LogP contribution in [0.15, 0.2) is 30.3 Å². The normalized spacial score (nSPS) is 16.5. The van der Waals surface area contributed by atoms with Crippen LogP contribution in [0.3, 0.4) is 0 Å². The summed E-state index contributed by atoms with van der Waals surface area (Å²) in [6.07, 6.45) is 3.23. The Bertz CT molecular complexity index is 448. The van der Waals surface area contributed by atoms with Crippen LogP contribution in [0.25, 0.3) is 6.08 Å². The second-order valence-electron chi connectivity index (χ2n) is 2.80. The van der Waals surface area contributed by atoms with Crippen molar-refractivity contribution in [2.45, 2.75) is 6.10 Å². The topological polar surface area (TPSA) is 90.5 Å². The van der Waals surface area contributed by atoms with E-state index in [1.807, 2.05) is 36.4 Å². The molecule has 0 bridgehead atoms. The Morgan fingerprint density at radius 2 is 2.00 bits per heavy atom. The minimum atomic E-state index is -2.61. The molecule has 0 radical (unpaired) electrons. The molecule has 0 spiro atoms. The van der Waals surface area contributed by atoms with Gasteiger partial charge in [0.15, 0.2) is 0 Å². The van der Waals surface area contributed by atoms with E-state index < -0.39 is 17.5 Å². The molecule has 1 aliphatic rings. The van der Waals surface area contributed by atoms with Gasteiger partial charge in [-0.3, -0.25) is 9.11 Å². The summed E-state index contributed by atoms with van der Waals surface area (Å²) in [5.41, 5.74) is 1.03. The molecular weight excluding hydrogens is 230 g/mol. The van der Waals surface area contributed by atoms with E-state index in [-0.39, 0.29) is 0 Å². The van der Waals surface area contributed by atoms with E-state index in [1.54, 1.807) is 6.08 Å². The van der Waals surface area contributed by atoms with Gasteiger partial charge in [0.1, 0.15) is 11.8 Å². The van der Waals surface area contributed by atoms with E-state index in [9.17, 15) is 0 Å². The van der Waals surface area contributed by atoms with Crippen LogP contribution in [0.1, 0.15) is 5.56 Å². The first-order valence-corrected chi connectivity index (χ1v) is 5.33. The van der Waals surface area contributed by atoms with Crippen LogP contribution >= 0.6 is 0 Å². The van der Waals surface area contributed by atoms with Gasteiger partial charge in [0.05, 0.1) is 0 Å². The Kier molecular flexibility index (Phi) is 4.66. The van der Waals surface area contributed by atoms with Crippen molar-refractivity contribution >= 4 is 17.4 Å². The first-order chi connectivity index (χ1) is 7.63. The number of nitriles is 1. The molecule has 0 aromatic heterocycles. The summed E-state index contributed by atoms with van der Waals surface area (Å²) in [7, 11) is 0. The number of ether oxygens (including phenoxy) is 1. The molecule has 6 heteroatoms. The van der Waals surface area contributed by atoms with Crippen LogP contribution in [0, 0.1) is 11.3 Å². The zero-order valence-electron chi connectivity index (χ0n) is 8.11. The molecule has 0 fully saturated rings. The highest BCUT2D eigenvalue weighted by atomic mass is 32.2. The monoisotopic (exact) mass is 239 g/mol. The van der Waals surface area contributed by atoms with E-state index in [4.69, 9.17) is 23.3 Å². The fourth-order valence-electron chi connectivity index (χ4n) is 1.16. The van der Waals surface area contributed by atoms with Crippen molar-refractivity contribution in [3.63, 3.8) is 0 Å². The first-order valence-electron chi connectivity index (χ1n) is 4.27. The molecule has 0 aliphatic carbocycles. The average molecular weight is 239 g/mol. The summed E-state index contributed by atoms with van der Waals surface area (Å²) in [4.78, 5) is 0. The van der Waals surface area contributed by atoms with Crippen molar-refractivity contribution in [3.05, 3.63) is 35.9 Å². The Balaban J connectivity index is 0.000000280. The van der Waals surface area contributed by atoms with Crippen molar-refractivity contribution in [1.29, 1.82) is 5.26 Å². The van der Waals surface area contributed by atoms with E-state index in [2.05, 4.69) is 0 Å². The molecule has 0 saturated carbocycles. The molecule has 1 aromatic rings. The Labute approximate surface area is 95.1 Å². The Morgan fingerprint density at radius 1 is 1.38 bits per heavy atom. The third-order valence-corrected chi connectivity index (χ3v) is 1.75. The van der Waals surface area contributed by atoms with Crippen molar-refractivity contribution in [2.75, 3.05) is 0 Å². The highest BCUT2D eigenvalue weighted by Crippen LogP contribution is 2.24. The quantitative estimate of drug-likeness (QED) is 0.672. The van der Waals surface area contributed by atoms with Gasteiger partial charge in [-0.15, -0.1) is 0 Å². The summed E-state index contributed by atoms with van der Waals surface area (Å²) in [6.45, 7) is 0. The minimum Gasteiger partial charge on any atom is -0.471 e. The maximum atomic E-state index is 8.67. The molecule has 0 saturated heterocycles. The molecule has 1 heterocycles. The molecule has 1 atom stereocenters. The van der Waals surface area contributed by atoms with Gasteiger partial charge in [-0.2, -0.15) is 9.47 Å². The Morgan fingerprint density at radius 3 is 2.62 bits per heavy atom. The van der Waals surface area contributed by atoms with Gasteiger partial charge in [-0.05, 0) is 12.1 Å². The molecule has 1 unspecified atom stereocenters. The average Bonchev–Trinajstić information content (AvgIpc) is 2.27. The SMILES string of the molecule is N#CC1C=Cc2ccccc2O1.O=S(O)O. The highest BCUT2D eigenvalue weighted by molar-refractivity contribution is 7.73. The molecule has 2 rings (SSSR count). The van der Waals surface area contributed by atoms with Gasteiger partial charge in [-0.25, -0.2) is 0 Å². The molecule has 1 aromatic carbocycles. The van der Waals surface area contributed by atoms with Crippen LogP contribution in [-0.4, -0.2) is 19.4 Å². The van der Waals surface area contributed by atoms with Crippen LogP contribution in [0.2, 0.25) is 0 Å². The molecule has 5 nitrogen and oxygen atoms in total. The lowest BCUT2D eigenvalue weighted by Gasteiger charge is -2.15. The van der Waals surface area contributed by atoms with Crippen LogP contribution in [0.5, 0.6) is 5.75 Å². The zero-order valence-corrected chi connectivity index (χ0v) is 8.92. The van der Waals surface area contributed by atoms with E-state index in [0.29, 0.717) is 0 Å². The maximum absolute atomic E-state index is 8.67. The number of nitrogens with zero attached hydrogens (tertiary/aromatic N) is 1. The predicted octanol–water partition coefficient (Wildman–Crippen LogP) is 1.67. The molecule has 0 amide bonds. The summed E-state index contributed by atoms with van der Waals surface area (Å²) in [6, 6.07) is 9.70. The van der Waals surface area contributed by atoms with E-state index in [1.165, 1.54) is 0 Å². The smallest absolute Gasteiger partial charge is 0.299 e. The number of benzene rings is 1. The molecule has 1 aliphatic heterocycles. The number of rotatable bonds is 0. The summed E-state index contributed by atoms with van der Waals surface area (Å²) < 4.78 is 28.2. The third-order valence-electron chi connectivity index (χ3n) is 1.75. The van der Waals surface area contributed by atoms with Gasteiger partial charge in [0, 0.05) is 5.56 Å². The van der Waals surface area contributed by atoms with Crippen molar-refractivity contribution in [2.24, 2.45) is 0 Å².